The summed E-state index contributed by atoms with van der Waals surface area (Å²) >= 11 is 0. The first kappa shape index (κ1) is 48.8. The van der Waals surface area contributed by atoms with Crippen molar-refractivity contribution >= 4 is 42.1 Å². The topological polar surface area (TPSA) is 254 Å². The molecular weight excluding hydrogens is 831 g/mol. The molecule has 5 rings (SSSR count). The van der Waals surface area contributed by atoms with Crippen LogP contribution in [0.25, 0.3) is 0 Å². The largest absolute Gasteiger partial charge is 0.474 e. The van der Waals surface area contributed by atoms with Crippen molar-refractivity contribution in [2.24, 2.45) is 52.3 Å². The van der Waals surface area contributed by atoms with Gasteiger partial charge in [-0.25, -0.2) is 8.75 Å². The van der Waals surface area contributed by atoms with Gasteiger partial charge in [-0.1, -0.05) is 53.9 Å². The van der Waals surface area contributed by atoms with E-state index >= 15 is 0 Å². The van der Waals surface area contributed by atoms with Crippen molar-refractivity contribution in [3.05, 3.63) is 0 Å². The molecular formula is C40H65O18PS. The maximum atomic E-state index is 14.2. The van der Waals surface area contributed by atoms with Crippen LogP contribution < -0.4 is 0 Å². The van der Waals surface area contributed by atoms with Crippen molar-refractivity contribution in [2.45, 2.75) is 176 Å². The minimum absolute atomic E-state index is 0.0171. The van der Waals surface area contributed by atoms with Gasteiger partial charge in [0.15, 0.2) is 6.10 Å². The molecule has 0 bridgehead atoms. The molecule has 5 aliphatic rings. The zero-order valence-electron chi connectivity index (χ0n) is 36.1. The van der Waals surface area contributed by atoms with Crippen LogP contribution in [0.15, 0.2) is 0 Å². The molecule has 4 aliphatic carbocycles. The van der Waals surface area contributed by atoms with Gasteiger partial charge in [0.2, 0.25) is 18.7 Å². The second kappa shape index (κ2) is 18.9. The number of phosphoric acid groups is 1. The summed E-state index contributed by atoms with van der Waals surface area (Å²) in [6, 6.07) is 0. The second-order valence-electron chi connectivity index (χ2n) is 18.7. The lowest BCUT2D eigenvalue weighted by molar-refractivity contribution is -0.329. The van der Waals surface area contributed by atoms with E-state index in [9.17, 15) is 46.7 Å². The molecule has 1 saturated heterocycles. The maximum Gasteiger partial charge on any atom is 0.474 e. The van der Waals surface area contributed by atoms with Gasteiger partial charge in [0, 0.05) is 33.6 Å². The SMILES string of the molecule is CC(=O)OC1CC2C3CC(OP(=O)(O)OC4OC(OC(C)=O)C(OC(C)=O)C(OC(C)=O)C4O)C4CC(OS(=O)(=O)O)CCC4(C)C3CCC2(C)C1C(C)CCCC(C)C. The zero-order chi connectivity index (χ0) is 44.7. The summed E-state index contributed by atoms with van der Waals surface area (Å²) in [5.74, 6) is -2.87. The van der Waals surface area contributed by atoms with E-state index in [4.69, 9.17) is 36.9 Å². The molecule has 17 atom stereocenters. The highest BCUT2D eigenvalue weighted by atomic mass is 32.3. The molecule has 4 saturated carbocycles. The molecule has 0 radical (unpaired) electrons. The van der Waals surface area contributed by atoms with Gasteiger partial charge in [-0.15, -0.1) is 0 Å². The number of esters is 4. The van der Waals surface area contributed by atoms with E-state index in [1.54, 1.807) is 0 Å². The first-order valence-electron chi connectivity index (χ1n) is 21.1. The molecule has 0 aromatic carbocycles. The first-order valence-corrected chi connectivity index (χ1v) is 24.0. The summed E-state index contributed by atoms with van der Waals surface area (Å²) in [4.78, 5) is 60.2. The fourth-order valence-corrected chi connectivity index (χ4v) is 13.7. The van der Waals surface area contributed by atoms with E-state index in [1.807, 2.05) is 0 Å². The Bertz CT molecular complexity index is 1740. The van der Waals surface area contributed by atoms with Crippen LogP contribution in [0.5, 0.6) is 0 Å². The monoisotopic (exact) mass is 896 g/mol. The van der Waals surface area contributed by atoms with Gasteiger partial charge in [-0.05, 0) is 91.3 Å². The highest BCUT2D eigenvalue weighted by molar-refractivity contribution is 7.80. The van der Waals surface area contributed by atoms with Crippen LogP contribution in [0, 0.1) is 52.3 Å². The first-order chi connectivity index (χ1) is 27.7. The summed E-state index contributed by atoms with van der Waals surface area (Å²) in [6.45, 7) is 15.4. The smallest absolute Gasteiger partial charge is 0.462 e. The van der Waals surface area contributed by atoms with Crippen molar-refractivity contribution in [1.82, 2.24) is 0 Å². The molecule has 1 aliphatic heterocycles. The van der Waals surface area contributed by atoms with Crippen LogP contribution in [-0.2, 0) is 71.1 Å². The predicted octanol–water partition coefficient (Wildman–Crippen LogP) is 5.42. The lowest BCUT2D eigenvalue weighted by atomic mass is 9.43. The van der Waals surface area contributed by atoms with E-state index in [0.29, 0.717) is 18.8 Å². The van der Waals surface area contributed by atoms with Crippen molar-refractivity contribution in [3.63, 3.8) is 0 Å². The van der Waals surface area contributed by atoms with Gasteiger partial charge in [0.25, 0.3) is 0 Å². The molecule has 0 amide bonds. The normalized spacial score (nSPS) is 40.5. The Labute approximate surface area is 352 Å². The highest BCUT2D eigenvalue weighted by Crippen LogP contribution is 2.70. The number of aliphatic hydroxyl groups excluding tert-OH is 1. The average molecular weight is 897 g/mol. The molecule has 60 heavy (non-hydrogen) atoms. The summed E-state index contributed by atoms with van der Waals surface area (Å²) in [5, 5.41) is 11.3. The summed E-state index contributed by atoms with van der Waals surface area (Å²) in [6.07, 6.45) is -5.54. The van der Waals surface area contributed by atoms with Crippen molar-refractivity contribution in [1.29, 1.82) is 0 Å². The molecule has 5 fully saturated rings. The number of carbonyl (C=O) groups excluding carboxylic acids is 4. The third kappa shape index (κ3) is 11.1. The Kier molecular flexibility index (Phi) is 15.3. The lowest BCUT2D eigenvalue weighted by Crippen LogP contribution is -2.61. The zero-order valence-corrected chi connectivity index (χ0v) is 37.8. The third-order valence-electron chi connectivity index (χ3n) is 14.2. The van der Waals surface area contributed by atoms with Crippen LogP contribution in [0.1, 0.15) is 127 Å². The number of fused-ring (bicyclic) bond motifs is 5. The number of rotatable bonds is 15. The van der Waals surface area contributed by atoms with Crippen LogP contribution in [0.2, 0.25) is 0 Å². The van der Waals surface area contributed by atoms with E-state index in [2.05, 4.69) is 34.6 Å². The summed E-state index contributed by atoms with van der Waals surface area (Å²) in [5.41, 5.74) is -0.836. The average Bonchev–Trinajstić information content (AvgIpc) is 3.38. The Morgan fingerprint density at radius 1 is 0.750 bits per heavy atom. The summed E-state index contributed by atoms with van der Waals surface area (Å²) < 4.78 is 91.4. The number of ether oxygens (including phenoxy) is 5. The molecule has 20 heteroatoms. The van der Waals surface area contributed by atoms with Gasteiger partial charge in [-0.2, -0.15) is 8.42 Å². The molecule has 18 nitrogen and oxygen atoms in total. The summed E-state index contributed by atoms with van der Waals surface area (Å²) in [7, 11) is -10.2. The third-order valence-corrected chi connectivity index (χ3v) is 15.7. The Morgan fingerprint density at radius 3 is 1.93 bits per heavy atom. The fourth-order valence-electron chi connectivity index (χ4n) is 12.1. The Hall–Kier alpha value is -2.22. The van der Waals surface area contributed by atoms with Gasteiger partial charge in [0.05, 0.1) is 12.2 Å². The number of carbonyl (C=O) groups is 4. The van der Waals surface area contributed by atoms with Crippen LogP contribution in [0.3, 0.4) is 0 Å². The number of hydrogen-bond donors (Lipinski definition) is 3. The van der Waals surface area contributed by atoms with E-state index < -0.39 is 90.6 Å². The molecule has 1 heterocycles. The highest BCUT2D eigenvalue weighted by Gasteiger charge is 2.66. The van der Waals surface area contributed by atoms with E-state index in [0.717, 1.165) is 52.9 Å². The van der Waals surface area contributed by atoms with Crippen molar-refractivity contribution in [3.8, 4) is 0 Å². The van der Waals surface area contributed by atoms with Crippen LogP contribution >= 0.6 is 7.82 Å². The van der Waals surface area contributed by atoms with Crippen molar-refractivity contribution in [2.75, 3.05) is 0 Å². The van der Waals surface area contributed by atoms with Gasteiger partial charge < -0.3 is 33.7 Å². The van der Waals surface area contributed by atoms with Gasteiger partial charge in [-0.3, -0.25) is 32.8 Å². The molecule has 0 aromatic heterocycles. The Balaban J connectivity index is 1.48. The van der Waals surface area contributed by atoms with Crippen molar-refractivity contribution < 1.29 is 83.6 Å². The molecule has 3 N–H and O–H groups in total. The van der Waals surface area contributed by atoms with E-state index in [1.165, 1.54) is 6.92 Å². The standard InChI is InChI=1S/C40H65O18PS/c1-20(2)11-10-12-21(3)33-32(51-22(4)41)19-29-27-18-31(30-17-26(58-60(48,49)50)13-15-39(30,8)28(27)14-16-40(29,33)9)56-59(46,47)57-37-34(45)35(52-23(5)42)36(53-24(6)43)38(55-37)54-25(7)44/h20-21,26-38,45H,10-19H2,1-9H3,(H,46,47)(H,48,49,50). The second-order valence-corrected chi connectivity index (χ2v) is 21.1. The van der Waals surface area contributed by atoms with Gasteiger partial charge >= 0.3 is 42.1 Å². The molecule has 0 aromatic rings. The minimum Gasteiger partial charge on any atom is -0.462 e. The number of aliphatic hydroxyl groups is 1. The quantitative estimate of drug-likeness (QED) is 0.0803. The Morgan fingerprint density at radius 2 is 1.35 bits per heavy atom. The van der Waals surface area contributed by atoms with Crippen LogP contribution in [0.4, 0.5) is 0 Å². The van der Waals surface area contributed by atoms with Crippen LogP contribution in [-0.4, -0.2) is 96.1 Å². The molecule has 344 valence electrons. The molecule has 17 unspecified atom stereocenters. The predicted molar refractivity (Wildman–Crippen MR) is 209 cm³/mol. The number of hydrogen-bond acceptors (Lipinski definition) is 16. The number of phosphoric ester groups is 1. The maximum absolute atomic E-state index is 14.2. The minimum atomic E-state index is -5.31. The fraction of sp³-hybridized carbons (Fsp3) is 0.900. The lowest BCUT2D eigenvalue weighted by Gasteiger charge is -2.62. The molecule has 0 spiro atoms. The van der Waals surface area contributed by atoms with E-state index in [-0.39, 0.29) is 66.3 Å². The van der Waals surface area contributed by atoms with Gasteiger partial charge in [0.1, 0.15) is 12.2 Å².